The number of aromatic nitrogens is 6. The molecule has 3 radical (unpaired) electrons. The van der Waals surface area contributed by atoms with Gasteiger partial charge in [-0.3, -0.25) is 28.8 Å². The van der Waals surface area contributed by atoms with Gasteiger partial charge in [0, 0.05) is 157 Å². The molecular weight excluding hydrogens is 1420 g/mol. The molecule has 12 aliphatic heterocycles. The lowest BCUT2D eigenvalue weighted by Crippen LogP contribution is -2.46. The Morgan fingerprint density at radius 1 is 0.584 bits per heavy atom. The minimum atomic E-state index is -0.361. The van der Waals surface area contributed by atoms with Crippen LogP contribution in [-0.4, -0.2) is 163 Å². The monoisotopic (exact) mass is 1520 g/mol. The summed E-state index contributed by atoms with van der Waals surface area (Å²) in [4.78, 5) is 98.8. The predicted molar refractivity (Wildman–Crippen MR) is 402 cm³/mol. The van der Waals surface area contributed by atoms with Gasteiger partial charge in [0.15, 0.2) is 17.5 Å². The van der Waals surface area contributed by atoms with E-state index < -0.39 is 0 Å². The van der Waals surface area contributed by atoms with Crippen molar-refractivity contribution in [2.45, 2.75) is 288 Å². The smallest absolute Gasteiger partial charge is 0.415 e. The molecule has 551 valence electrons. The number of hydrogen-bond acceptors (Lipinski definition) is 19. The molecule has 101 heavy (non-hydrogen) atoms. The van der Waals surface area contributed by atoms with E-state index in [1.54, 1.807) is 36.0 Å². The van der Waals surface area contributed by atoms with Gasteiger partial charge >= 0.3 is 6.09 Å². The second-order valence-electron chi connectivity index (χ2n) is 27.9. The van der Waals surface area contributed by atoms with Crippen molar-refractivity contribution in [1.29, 1.82) is 0 Å². The van der Waals surface area contributed by atoms with Crippen LogP contribution in [0.5, 0.6) is 0 Å². The summed E-state index contributed by atoms with van der Waals surface area (Å²) >= 11 is 22.6. The first kappa shape index (κ1) is 82.2. The molecule has 0 saturated carbocycles. The standard InChI is InChI=1S/C20H21BrClFN4O.C14H18ClN3.C13H16ClN3O.C10H13NO3.C8H13NO.C7H11NO.2CH4.B.FH.H2/c1-2-18-19(22)20(25-11-24-18)27-15-5-6-16(27)9-14(8-15)26-28-10-12-3-4-13(21)7-17(12)23;1-3-12-13(15)14(17-8-16-12)18-10-4-5-11(18)7-9(2)6-10;1-2-11-12(14)13(16-7-15-11)17-8-3-4-9(17)6-10(18)5-8;1-2-14-10(13)11-7-3-4-8(11)6-9(12)5-7;1-9-6-2-3-7(9)5-8(10)4-6;9-7-3-5-1-2-6(4-7)8-5;;;;;/h3-4,7,11,15-16H,2,5-6,8-10H2,1H3;8,10-11H,2-7H2,1H3;7-9H,2-6H2,1H3;2,7-8H,1,3-6H2;6-7H,2-5H2,1H3;5-6,8H,1-4H2;2*1H4;;2*1H/t15-,16+;10-,11+;8-,9+;7-,8+;6-,7+;5-,6+;;;;;/i;;;;;;;;;;1+1. The fourth-order valence-electron chi connectivity index (χ4n) is 16.9. The number of ether oxygens (including phenoxy) is 1. The Morgan fingerprint density at radius 2 is 0.941 bits per heavy atom. The zero-order chi connectivity index (χ0) is 68.6. The summed E-state index contributed by atoms with van der Waals surface area (Å²) in [6.45, 7) is 13.8. The van der Waals surface area contributed by atoms with Gasteiger partial charge in [-0.1, -0.05) is 116 Å². The van der Waals surface area contributed by atoms with Crippen LogP contribution in [0.15, 0.2) is 71.8 Å². The van der Waals surface area contributed by atoms with Crippen LogP contribution in [0, 0.1) is 5.82 Å². The summed E-state index contributed by atoms with van der Waals surface area (Å²) in [5.41, 5.74) is 5.60. The van der Waals surface area contributed by atoms with E-state index in [1.807, 2.05) is 13.8 Å². The second-order valence-corrected chi connectivity index (χ2v) is 29.9. The fourth-order valence-corrected chi connectivity index (χ4v) is 18.3. The molecule has 12 saturated heterocycles. The number of anilines is 3. The van der Waals surface area contributed by atoms with Crippen LogP contribution >= 0.6 is 50.7 Å². The van der Waals surface area contributed by atoms with Crippen LogP contribution in [0.3, 0.4) is 0 Å². The number of rotatable bonds is 10. The van der Waals surface area contributed by atoms with E-state index in [9.17, 15) is 28.4 Å². The van der Waals surface area contributed by atoms with Gasteiger partial charge in [-0.15, -0.1) is 0 Å². The molecule has 20 nitrogen and oxygen atoms in total. The third kappa shape index (κ3) is 19.5. The Bertz CT molecular complexity index is 3430. The summed E-state index contributed by atoms with van der Waals surface area (Å²) in [7, 11) is 2.15. The van der Waals surface area contributed by atoms with Gasteiger partial charge in [-0.25, -0.2) is 39.1 Å². The van der Waals surface area contributed by atoms with Crippen molar-refractivity contribution >= 4 is 112 Å². The number of nitrogens with one attached hydrogen (secondary N) is 1. The first-order valence-electron chi connectivity index (χ1n) is 35.1. The minimum absolute atomic E-state index is 0. The Kier molecular flexibility index (Phi) is 30.6. The lowest BCUT2D eigenvalue weighted by Gasteiger charge is -2.37. The first-order chi connectivity index (χ1) is 46.8. The zero-order valence-electron chi connectivity index (χ0n) is 57.3. The van der Waals surface area contributed by atoms with Crippen molar-refractivity contribution < 1.29 is 44.1 Å². The van der Waals surface area contributed by atoms with Crippen LogP contribution < -0.4 is 20.0 Å². The van der Waals surface area contributed by atoms with Crippen LogP contribution in [0.1, 0.15) is 214 Å². The van der Waals surface area contributed by atoms with Gasteiger partial charge in [-0.05, 0) is 128 Å². The largest absolute Gasteiger partial charge is 0.419 e. The maximum atomic E-state index is 13.9. The Hall–Kier alpha value is -6.05. The number of Topliss-reactive ketones (excluding diaryl/α,β-unsaturated/α-hetero) is 4. The number of hydrogen-bond donors (Lipinski definition) is 1. The molecular formula is C74H103BBrCl3F2N13O7. The number of nitrogens with zero attached hydrogens (tertiary/aromatic N) is 12. The number of ketones is 4. The van der Waals surface area contributed by atoms with Crippen molar-refractivity contribution in [3.05, 3.63) is 110 Å². The van der Waals surface area contributed by atoms with Crippen molar-refractivity contribution in [2.75, 3.05) is 21.7 Å². The highest BCUT2D eigenvalue weighted by molar-refractivity contribution is 9.10. The Labute approximate surface area is 622 Å². The number of oxime groups is 1. The third-order valence-electron chi connectivity index (χ3n) is 21.6. The maximum Gasteiger partial charge on any atom is 0.415 e. The van der Waals surface area contributed by atoms with Crippen molar-refractivity contribution in [1.82, 2.24) is 45.0 Å². The average molecular weight is 1520 g/mol. The molecule has 27 heteroatoms. The molecule has 12 aliphatic rings. The van der Waals surface area contributed by atoms with E-state index in [-0.39, 0.29) is 77.9 Å². The molecule has 1 aromatic carbocycles. The van der Waals surface area contributed by atoms with Crippen LogP contribution in [-0.2, 0) is 54.6 Å². The average Bonchev–Trinajstić information content (AvgIpc) is 1.63. The molecule has 1 N–H and O–H groups in total. The molecule has 15 heterocycles. The number of carbonyl (C=O) groups is 5. The lowest BCUT2D eigenvalue weighted by molar-refractivity contribution is -0.123. The van der Waals surface area contributed by atoms with Crippen LogP contribution in [0.4, 0.5) is 31.3 Å². The normalized spacial score (nSPS) is 27.8. The number of halogens is 6. The molecule has 0 spiro atoms. The SMILES string of the molecule is C.C.C=C1C[C@H]2CC[C@@H](C1)N2c1ncnc(CC)c1Cl.C=COC(=O)N1[C@@H]2CC[C@H]1CC(=O)C2.CCc1ncnc(N2[C@@H]3CC[C@H]2CC(=NOCc2ccc(Br)cc2F)C3)c1Cl.CCc1ncnc(N2[C@@H]3CC[C@H]2CC(=O)C3)c1Cl.CN1[C@@H]2CC[C@H]1CC(=O)C2.F.O=C1C[C@H]2CC[C@@H](C1)N2.[2HH].[B]. The highest BCUT2D eigenvalue weighted by Crippen LogP contribution is 2.45. The number of carbonyl (C=O) groups excluding carboxylic acids is 5. The first-order valence-corrected chi connectivity index (χ1v) is 37.0. The van der Waals surface area contributed by atoms with Gasteiger partial charge in [-0.2, -0.15) is 0 Å². The topological polar surface area (TPSA) is 222 Å². The summed E-state index contributed by atoms with van der Waals surface area (Å²) in [6, 6.07) is 9.57. The van der Waals surface area contributed by atoms with Gasteiger partial charge in [0.05, 0.1) is 29.1 Å². The van der Waals surface area contributed by atoms with Gasteiger partial charge < -0.3 is 34.5 Å². The van der Waals surface area contributed by atoms with E-state index in [0.717, 1.165) is 161 Å². The lowest BCUT2D eigenvalue weighted by atomic mass is 9.98. The van der Waals surface area contributed by atoms with Crippen molar-refractivity contribution in [2.24, 2.45) is 5.16 Å². The van der Waals surface area contributed by atoms with Crippen molar-refractivity contribution in [3.8, 4) is 0 Å². The molecule has 1 amide bonds. The Morgan fingerprint density at radius 3 is 1.34 bits per heavy atom. The van der Waals surface area contributed by atoms with Crippen LogP contribution in [0.2, 0.25) is 15.1 Å². The predicted octanol–water partition coefficient (Wildman–Crippen LogP) is 15.1. The molecule has 12 bridgehead atoms. The summed E-state index contributed by atoms with van der Waals surface area (Å²) < 4.78 is 19.3. The molecule has 0 aliphatic carbocycles. The van der Waals surface area contributed by atoms with E-state index in [1.165, 1.54) is 50.2 Å². The molecule has 0 unspecified atom stereocenters. The van der Waals surface area contributed by atoms with Gasteiger partial charge in [0.25, 0.3) is 0 Å². The fraction of sp³-hybridized carbons (Fsp3) is 0.622. The summed E-state index contributed by atoms with van der Waals surface area (Å²) in [5, 5.41) is 9.77. The number of benzene rings is 1. The molecule has 12 fully saturated rings. The van der Waals surface area contributed by atoms with E-state index in [0.29, 0.717) is 111 Å². The van der Waals surface area contributed by atoms with Crippen LogP contribution in [0.25, 0.3) is 0 Å². The summed E-state index contributed by atoms with van der Waals surface area (Å²) in [6.07, 6.45) is 30.8. The van der Waals surface area contributed by atoms with E-state index in [2.05, 4.69) is 103 Å². The highest BCUT2D eigenvalue weighted by Gasteiger charge is 2.46. The Balaban J connectivity index is 0.000000198. The number of fused-ring (bicyclic) bond motifs is 12. The third-order valence-corrected chi connectivity index (χ3v) is 23.3. The molecule has 12 atom stereocenters. The number of amides is 1. The van der Waals surface area contributed by atoms with Gasteiger partial charge in [0.1, 0.15) is 69.6 Å². The molecule has 3 aromatic heterocycles. The van der Waals surface area contributed by atoms with E-state index in [4.69, 9.17) is 44.4 Å². The number of aryl methyl sites for hydroxylation is 3. The minimum Gasteiger partial charge on any atom is -0.419 e. The summed E-state index contributed by atoms with van der Waals surface area (Å²) in [5.74, 6) is 3.87. The maximum absolute atomic E-state index is 13.9. The van der Waals surface area contributed by atoms with Gasteiger partial charge in [0.2, 0.25) is 0 Å². The second kappa shape index (κ2) is 37.6. The quantitative estimate of drug-likeness (QED) is 0.0675. The highest BCUT2D eigenvalue weighted by atomic mass is 79.9. The zero-order valence-corrected chi connectivity index (χ0v) is 61.1. The number of piperidine rings is 6. The molecule has 4 aromatic rings. The van der Waals surface area contributed by atoms with E-state index >= 15 is 0 Å². The molecule has 16 rings (SSSR count). The van der Waals surface area contributed by atoms with Crippen molar-refractivity contribution in [3.63, 3.8) is 0 Å².